The van der Waals surface area contributed by atoms with Crippen LogP contribution in [-0.4, -0.2) is 82.8 Å². The number of benzene rings is 3. The molecule has 54 heavy (non-hydrogen) atoms. The number of nitrogens with zero attached hydrogens (tertiary/aromatic N) is 1. The maximum Gasteiger partial charge on any atom is 0.416 e. The first kappa shape index (κ1) is 39.3. The van der Waals surface area contributed by atoms with Crippen molar-refractivity contribution < 1.29 is 51.8 Å². The Bertz CT molecular complexity index is 1860. The van der Waals surface area contributed by atoms with Crippen LogP contribution in [0.1, 0.15) is 60.0 Å². The minimum atomic E-state index is -4.61. The summed E-state index contributed by atoms with van der Waals surface area (Å²) < 4.78 is 45.6. The molecule has 0 aliphatic carbocycles. The van der Waals surface area contributed by atoms with Gasteiger partial charge in [-0.05, 0) is 74.1 Å². The standard InChI is InChI=1S/C38H40F3N5O8/c39-38(40,41)25-10-6-8-23(18-25)19-33(48)43-26-21-31-35(50)45-30(37(52)53)15-16-32(47)42-17-5-4-14-29(36(51)46(31)22-26)44-34(49)24-9-7-13-28(20-24)54-27-11-2-1-3-12-27/h1-3,6-13,18,20,26,29-31H,4-5,14-17,19,21-22H2,(H,42,47)(H,43,48)(H,44,49)(H,45,50)(H,52,53)/t26-,29+,30+,31+/m1/s1. The second-order valence-corrected chi connectivity index (χ2v) is 13.1. The second kappa shape index (κ2) is 17.7. The molecule has 2 aliphatic rings. The Morgan fingerprint density at radius 3 is 2.37 bits per heavy atom. The van der Waals surface area contributed by atoms with Crippen molar-refractivity contribution in [1.29, 1.82) is 0 Å². The van der Waals surface area contributed by atoms with Gasteiger partial charge in [-0.3, -0.25) is 24.0 Å². The van der Waals surface area contributed by atoms with Crippen LogP contribution < -0.4 is 26.0 Å². The third-order valence-electron chi connectivity index (χ3n) is 9.07. The zero-order valence-corrected chi connectivity index (χ0v) is 29.1. The predicted octanol–water partition coefficient (Wildman–Crippen LogP) is 3.57. The average Bonchev–Trinajstić information content (AvgIpc) is 3.55. The van der Waals surface area contributed by atoms with Gasteiger partial charge in [0.2, 0.25) is 23.6 Å². The van der Waals surface area contributed by atoms with Gasteiger partial charge < -0.3 is 36.0 Å². The molecule has 16 heteroatoms. The third kappa shape index (κ3) is 10.8. The SMILES string of the molecule is O=C1CC[C@@H](C(=O)O)NC(=O)[C@@H]2C[C@@H](NC(=O)Cc3cccc(C(F)(F)F)c3)CN2C(=O)[C@@H](NC(=O)c2cccc(Oc3ccccc3)c2)CCCCN1. The fraction of sp³-hybridized carbons (Fsp3) is 0.368. The maximum atomic E-state index is 14.3. The Morgan fingerprint density at radius 1 is 0.889 bits per heavy atom. The third-order valence-corrected chi connectivity index (χ3v) is 9.07. The van der Waals surface area contributed by atoms with E-state index in [9.17, 15) is 47.0 Å². The summed E-state index contributed by atoms with van der Waals surface area (Å²) in [7, 11) is 0. The molecule has 0 radical (unpaired) electrons. The van der Waals surface area contributed by atoms with Crippen molar-refractivity contribution in [3.63, 3.8) is 0 Å². The first-order valence-corrected chi connectivity index (χ1v) is 17.5. The monoisotopic (exact) mass is 751 g/mol. The van der Waals surface area contributed by atoms with Crippen LogP contribution in [0.5, 0.6) is 11.5 Å². The number of carboxylic acid groups (broad SMARTS) is 1. The molecule has 2 aliphatic heterocycles. The molecular formula is C38H40F3N5O8. The number of hydrogen-bond acceptors (Lipinski definition) is 7. The maximum absolute atomic E-state index is 14.3. The molecule has 3 aromatic rings. The quantitative estimate of drug-likeness (QED) is 0.232. The molecule has 3 aromatic carbocycles. The van der Waals surface area contributed by atoms with Crippen LogP contribution in [-0.2, 0) is 36.6 Å². The minimum absolute atomic E-state index is 0.0957. The van der Waals surface area contributed by atoms with Crippen LogP contribution in [0.3, 0.4) is 0 Å². The molecule has 5 rings (SSSR count). The molecule has 2 fully saturated rings. The van der Waals surface area contributed by atoms with Crippen LogP contribution >= 0.6 is 0 Å². The zero-order valence-electron chi connectivity index (χ0n) is 29.1. The smallest absolute Gasteiger partial charge is 0.416 e. The van der Waals surface area contributed by atoms with Crippen LogP contribution in [0.25, 0.3) is 0 Å². The van der Waals surface area contributed by atoms with Crippen LogP contribution in [0.2, 0.25) is 0 Å². The highest BCUT2D eigenvalue weighted by Gasteiger charge is 2.43. The van der Waals surface area contributed by atoms with Gasteiger partial charge in [-0.2, -0.15) is 13.2 Å². The van der Waals surface area contributed by atoms with E-state index in [0.717, 1.165) is 12.1 Å². The van der Waals surface area contributed by atoms with E-state index >= 15 is 0 Å². The van der Waals surface area contributed by atoms with Crippen molar-refractivity contribution in [3.8, 4) is 11.5 Å². The number of carboxylic acids is 1. The summed E-state index contributed by atoms with van der Waals surface area (Å²) in [4.78, 5) is 80.3. The molecule has 0 unspecified atom stereocenters. The van der Waals surface area contributed by atoms with Crippen LogP contribution in [0, 0.1) is 0 Å². The molecule has 5 N–H and O–H groups in total. The molecule has 0 saturated carbocycles. The van der Waals surface area contributed by atoms with Gasteiger partial charge in [0.05, 0.1) is 12.0 Å². The number of carbonyl (C=O) groups excluding carboxylic acids is 5. The number of para-hydroxylation sites is 1. The summed E-state index contributed by atoms with van der Waals surface area (Å²) in [5.74, 6) is -3.70. The van der Waals surface area contributed by atoms with Crippen molar-refractivity contribution in [3.05, 3.63) is 95.6 Å². The minimum Gasteiger partial charge on any atom is -0.480 e. The van der Waals surface area contributed by atoms with Gasteiger partial charge in [0, 0.05) is 31.1 Å². The number of halogens is 3. The first-order chi connectivity index (χ1) is 25.8. The Hall–Kier alpha value is -5.93. The molecule has 286 valence electrons. The number of nitrogens with one attached hydrogen (secondary N) is 4. The molecule has 13 nitrogen and oxygen atoms in total. The highest BCUT2D eigenvalue weighted by molar-refractivity contribution is 5.99. The molecule has 5 amide bonds. The Labute approximate surface area is 308 Å². The van der Waals surface area contributed by atoms with Gasteiger partial charge >= 0.3 is 12.1 Å². The van der Waals surface area contributed by atoms with Crippen molar-refractivity contribution in [2.45, 2.75) is 75.3 Å². The lowest BCUT2D eigenvalue weighted by Gasteiger charge is -2.29. The lowest BCUT2D eigenvalue weighted by Crippen LogP contribution is -2.55. The summed E-state index contributed by atoms with van der Waals surface area (Å²) >= 11 is 0. The number of fused-ring (bicyclic) bond motifs is 1. The highest BCUT2D eigenvalue weighted by Crippen LogP contribution is 2.30. The normalized spacial score (nSPS) is 21.4. The summed E-state index contributed by atoms with van der Waals surface area (Å²) in [6, 6.07) is 14.7. The molecule has 2 heterocycles. The molecule has 2 saturated heterocycles. The fourth-order valence-corrected chi connectivity index (χ4v) is 6.37. The summed E-state index contributed by atoms with van der Waals surface area (Å²) in [6.45, 7) is 0.0127. The zero-order chi connectivity index (χ0) is 38.8. The molecule has 4 atom stereocenters. The number of aliphatic carboxylic acids is 1. The number of alkyl halides is 3. The summed E-state index contributed by atoms with van der Waals surface area (Å²) in [5, 5.41) is 20.4. The van der Waals surface area contributed by atoms with E-state index in [1.165, 1.54) is 29.2 Å². The van der Waals surface area contributed by atoms with Crippen LogP contribution in [0.15, 0.2) is 78.9 Å². The van der Waals surface area contributed by atoms with Crippen molar-refractivity contribution in [2.75, 3.05) is 13.1 Å². The van der Waals surface area contributed by atoms with E-state index in [1.54, 1.807) is 36.4 Å². The van der Waals surface area contributed by atoms with E-state index in [4.69, 9.17) is 4.74 Å². The predicted molar refractivity (Wildman–Crippen MR) is 187 cm³/mol. The van der Waals surface area contributed by atoms with Gasteiger partial charge in [-0.1, -0.05) is 42.5 Å². The van der Waals surface area contributed by atoms with Gasteiger partial charge in [-0.25, -0.2) is 4.79 Å². The highest BCUT2D eigenvalue weighted by atomic mass is 19.4. The molecule has 0 aromatic heterocycles. The molecular weight excluding hydrogens is 711 g/mol. The van der Waals surface area contributed by atoms with E-state index in [1.807, 2.05) is 6.07 Å². The number of carbonyl (C=O) groups is 6. The Kier molecular flexibility index (Phi) is 12.9. The van der Waals surface area contributed by atoms with Crippen molar-refractivity contribution in [2.24, 2.45) is 0 Å². The number of ether oxygens (including phenoxy) is 1. The largest absolute Gasteiger partial charge is 0.480 e. The fourth-order valence-electron chi connectivity index (χ4n) is 6.37. The van der Waals surface area contributed by atoms with E-state index in [0.29, 0.717) is 24.3 Å². The Morgan fingerprint density at radius 2 is 1.63 bits per heavy atom. The van der Waals surface area contributed by atoms with Crippen molar-refractivity contribution in [1.82, 2.24) is 26.2 Å². The topological polar surface area (TPSA) is 183 Å². The van der Waals surface area contributed by atoms with Gasteiger partial charge in [0.15, 0.2) is 0 Å². The van der Waals surface area contributed by atoms with Crippen LogP contribution in [0.4, 0.5) is 13.2 Å². The molecule has 0 spiro atoms. The van der Waals surface area contributed by atoms with E-state index in [-0.39, 0.29) is 49.9 Å². The second-order valence-electron chi connectivity index (χ2n) is 13.1. The number of hydrogen-bond donors (Lipinski definition) is 5. The summed E-state index contributed by atoms with van der Waals surface area (Å²) in [6.07, 6.45) is -4.70. The van der Waals surface area contributed by atoms with Gasteiger partial charge in [0.1, 0.15) is 29.6 Å². The number of amides is 5. The Balaban J connectivity index is 1.37. The molecule has 0 bridgehead atoms. The van der Waals surface area contributed by atoms with E-state index < -0.39 is 77.8 Å². The van der Waals surface area contributed by atoms with E-state index in [2.05, 4.69) is 21.3 Å². The average molecular weight is 752 g/mol. The lowest BCUT2D eigenvalue weighted by atomic mass is 10.1. The summed E-state index contributed by atoms with van der Waals surface area (Å²) in [5.41, 5.74) is -0.645. The van der Waals surface area contributed by atoms with Gasteiger partial charge in [-0.15, -0.1) is 0 Å². The lowest BCUT2D eigenvalue weighted by molar-refractivity contribution is -0.144. The number of rotatable bonds is 8. The van der Waals surface area contributed by atoms with Crippen molar-refractivity contribution >= 4 is 35.5 Å². The first-order valence-electron chi connectivity index (χ1n) is 17.5. The van der Waals surface area contributed by atoms with Gasteiger partial charge in [0.25, 0.3) is 5.91 Å².